The zero-order chi connectivity index (χ0) is 25.0. The zero-order valence-corrected chi connectivity index (χ0v) is 21.0. The molecule has 1 fully saturated rings. The number of ether oxygens (including phenoxy) is 2. The number of hydrogen-bond donors (Lipinski definition) is 0. The molecule has 2 aliphatic heterocycles. The number of nitrogens with zero attached hydrogens (tertiary/aromatic N) is 5. The maximum absolute atomic E-state index is 9.25. The largest absolute Gasteiger partial charge is 0.496 e. The van der Waals surface area contributed by atoms with Crippen LogP contribution in [0.4, 0.5) is 0 Å². The third kappa shape index (κ3) is 4.91. The van der Waals surface area contributed by atoms with Crippen molar-refractivity contribution >= 4 is 17.2 Å². The highest BCUT2D eigenvalue weighted by atomic mass is 35.5. The predicted molar refractivity (Wildman–Crippen MR) is 142 cm³/mol. The lowest BCUT2D eigenvalue weighted by Gasteiger charge is -2.39. The third-order valence-electron chi connectivity index (χ3n) is 7.14. The molecule has 0 amide bonds. The average molecular weight is 502 g/mol. The molecule has 2 aromatic carbocycles. The fraction of sp³-hybridized carbons (Fsp3) is 0.321. The zero-order valence-electron chi connectivity index (χ0n) is 20.2. The van der Waals surface area contributed by atoms with E-state index in [1.165, 1.54) is 5.57 Å². The van der Waals surface area contributed by atoms with Gasteiger partial charge in [0.1, 0.15) is 11.5 Å². The average Bonchev–Trinajstić information content (AvgIpc) is 3.07. The number of pyridine rings is 1. The van der Waals surface area contributed by atoms with E-state index in [9.17, 15) is 5.53 Å². The molecule has 0 unspecified atom stereocenters. The molecule has 2 aliphatic rings. The number of allylic oxidation sites excluding steroid dienone is 1. The van der Waals surface area contributed by atoms with Gasteiger partial charge in [-0.3, -0.25) is 0 Å². The topological polar surface area (TPSA) is 83.4 Å². The third-order valence-corrected chi connectivity index (χ3v) is 7.39. The first kappa shape index (κ1) is 24.2. The molecule has 0 aliphatic carbocycles. The molecule has 3 aromatic rings. The molecule has 8 heteroatoms. The number of azide groups is 1. The van der Waals surface area contributed by atoms with Gasteiger partial charge in [-0.15, -0.1) is 0 Å². The van der Waals surface area contributed by atoms with Gasteiger partial charge in [-0.1, -0.05) is 41.0 Å². The van der Waals surface area contributed by atoms with E-state index in [0.29, 0.717) is 17.3 Å². The molecule has 36 heavy (non-hydrogen) atoms. The first-order valence-electron chi connectivity index (χ1n) is 12.1. The van der Waals surface area contributed by atoms with E-state index >= 15 is 0 Å². The molecule has 3 heterocycles. The summed E-state index contributed by atoms with van der Waals surface area (Å²) in [6.07, 6.45) is 7.21. The second kappa shape index (κ2) is 10.6. The Balaban J connectivity index is 1.30. The summed E-state index contributed by atoms with van der Waals surface area (Å²) in [6.45, 7) is 2.65. The number of methoxy groups -OCH3 is 1. The SMILES string of the molecule is COc1cccc2c1CC(=CCCN1CCC(N=[N+]=[N-])(c3ccc(Cl)cc3)CC1)c1cccnc1O2. The monoisotopic (exact) mass is 501 g/mol. The van der Waals surface area contributed by atoms with Crippen molar-refractivity contribution in [3.63, 3.8) is 0 Å². The van der Waals surface area contributed by atoms with E-state index < -0.39 is 5.54 Å². The van der Waals surface area contributed by atoms with Crippen molar-refractivity contribution in [2.75, 3.05) is 26.7 Å². The van der Waals surface area contributed by atoms with Crippen LogP contribution in [-0.4, -0.2) is 36.6 Å². The number of fused-ring (bicyclic) bond motifs is 2. The molecule has 0 N–H and O–H groups in total. The van der Waals surface area contributed by atoms with Crippen molar-refractivity contribution in [1.82, 2.24) is 9.88 Å². The van der Waals surface area contributed by atoms with Gasteiger partial charge in [0.05, 0.1) is 12.6 Å². The summed E-state index contributed by atoms with van der Waals surface area (Å²) in [5.74, 6) is 2.22. The van der Waals surface area contributed by atoms with Gasteiger partial charge < -0.3 is 14.4 Å². The summed E-state index contributed by atoms with van der Waals surface area (Å²) in [6, 6.07) is 17.5. The maximum atomic E-state index is 9.25. The van der Waals surface area contributed by atoms with E-state index in [-0.39, 0.29) is 0 Å². The van der Waals surface area contributed by atoms with E-state index in [1.54, 1.807) is 13.3 Å². The molecular weight excluding hydrogens is 474 g/mol. The van der Waals surface area contributed by atoms with Crippen LogP contribution in [0.15, 0.2) is 72.0 Å². The second-order valence-electron chi connectivity index (χ2n) is 9.16. The number of halogens is 1. The molecule has 5 rings (SSSR count). The van der Waals surface area contributed by atoms with Crippen molar-refractivity contribution in [3.8, 4) is 17.4 Å². The fourth-order valence-electron chi connectivity index (χ4n) is 5.16. The smallest absolute Gasteiger partial charge is 0.226 e. The molecular formula is C28H28ClN5O2. The molecule has 1 aromatic heterocycles. The van der Waals surface area contributed by atoms with Crippen molar-refractivity contribution in [2.45, 2.75) is 31.2 Å². The highest BCUT2D eigenvalue weighted by Gasteiger charge is 2.35. The van der Waals surface area contributed by atoms with Crippen LogP contribution in [0.2, 0.25) is 5.02 Å². The van der Waals surface area contributed by atoms with Gasteiger partial charge in [-0.05, 0) is 85.4 Å². The summed E-state index contributed by atoms with van der Waals surface area (Å²) in [5, 5.41) is 4.92. The molecule has 0 saturated carbocycles. The summed E-state index contributed by atoms with van der Waals surface area (Å²) in [4.78, 5) is 10.1. The van der Waals surface area contributed by atoms with Crippen LogP contribution in [0.5, 0.6) is 17.4 Å². The Kier molecular flexibility index (Phi) is 7.14. The van der Waals surface area contributed by atoms with Crippen LogP contribution in [0.1, 0.15) is 36.0 Å². The van der Waals surface area contributed by atoms with Gasteiger partial charge in [-0.25, -0.2) is 4.98 Å². The van der Waals surface area contributed by atoms with Gasteiger partial charge >= 0.3 is 0 Å². The first-order chi connectivity index (χ1) is 17.6. The van der Waals surface area contributed by atoms with Gasteiger partial charge in [0.15, 0.2) is 0 Å². The highest BCUT2D eigenvalue weighted by Crippen LogP contribution is 2.42. The number of rotatable bonds is 6. The Morgan fingerprint density at radius 3 is 2.72 bits per heavy atom. The molecule has 0 spiro atoms. The van der Waals surface area contributed by atoms with Crippen LogP contribution >= 0.6 is 11.6 Å². The number of likely N-dealkylation sites (tertiary alicyclic amines) is 1. The Labute approximate surface area is 216 Å². The van der Waals surface area contributed by atoms with Gasteiger partial charge in [0, 0.05) is 40.2 Å². The van der Waals surface area contributed by atoms with Crippen molar-refractivity contribution in [1.29, 1.82) is 0 Å². The summed E-state index contributed by atoms with van der Waals surface area (Å²) >= 11 is 6.07. The molecule has 7 nitrogen and oxygen atoms in total. The second-order valence-corrected chi connectivity index (χ2v) is 9.60. The molecule has 0 bridgehead atoms. The molecule has 0 radical (unpaired) electrons. The number of hydrogen-bond acceptors (Lipinski definition) is 5. The van der Waals surface area contributed by atoms with E-state index in [4.69, 9.17) is 21.1 Å². The fourth-order valence-corrected chi connectivity index (χ4v) is 5.28. The Morgan fingerprint density at radius 2 is 1.97 bits per heavy atom. The van der Waals surface area contributed by atoms with Gasteiger partial charge in [-0.2, -0.15) is 0 Å². The van der Waals surface area contributed by atoms with Crippen molar-refractivity contribution in [3.05, 3.63) is 99.0 Å². The number of benzene rings is 2. The highest BCUT2D eigenvalue weighted by molar-refractivity contribution is 6.30. The molecule has 0 atom stereocenters. The Bertz CT molecular complexity index is 1310. The number of aromatic nitrogens is 1. The van der Waals surface area contributed by atoms with Crippen LogP contribution in [0, 0.1) is 0 Å². The Morgan fingerprint density at radius 1 is 1.17 bits per heavy atom. The molecule has 1 saturated heterocycles. The quantitative estimate of drug-likeness (QED) is 0.203. The summed E-state index contributed by atoms with van der Waals surface area (Å²) in [7, 11) is 1.69. The van der Waals surface area contributed by atoms with E-state index in [2.05, 4.69) is 32.1 Å². The lowest BCUT2D eigenvalue weighted by molar-refractivity contribution is 0.164. The normalized spacial score (nSPS) is 17.8. The van der Waals surface area contributed by atoms with Crippen molar-refractivity contribution < 1.29 is 9.47 Å². The van der Waals surface area contributed by atoms with Crippen molar-refractivity contribution in [2.24, 2.45) is 5.11 Å². The minimum absolute atomic E-state index is 0.516. The molecule has 184 valence electrons. The summed E-state index contributed by atoms with van der Waals surface area (Å²) < 4.78 is 11.8. The predicted octanol–water partition coefficient (Wildman–Crippen LogP) is 7.17. The van der Waals surface area contributed by atoms with Crippen LogP contribution in [-0.2, 0) is 12.0 Å². The number of piperidine rings is 1. The minimum atomic E-state index is -0.516. The lowest BCUT2D eigenvalue weighted by atomic mass is 9.81. The minimum Gasteiger partial charge on any atom is -0.496 e. The van der Waals surface area contributed by atoms with E-state index in [0.717, 1.165) is 67.1 Å². The van der Waals surface area contributed by atoms with Crippen LogP contribution < -0.4 is 9.47 Å². The van der Waals surface area contributed by atoms with Crippen LogP contribution in [0.3, 0.4) is 0 Å². The van der Waals surface area contributed by atoms with Crippen LogP contribution in [0.25, 0.3) is 16.0 Å². The van der Waals surface area contributed by atoms with Gasteiger partial charge in [0.25, 0.3) is 0 Å². The lowest BCUT2D eigenvalue weighted by Crippen LogP contribution is -2.41. The van der Waals surface area contributed by atoms with E-state index in [1.807, 2.05) is 48.5 Å². The summed E-state index contributed by atoms with van der Waals surface area (Å²) in [5.41, 5.74) is 13.0. The maximum Gasteiger partial charge on any atom is 0.226 e. The standard InChI is InChI=1S/C28H28ClN5O2/c1-35-25-7-2-8-26-24(25)19-20(23-6-3-15-31-27(23)36-26)5-4-16-34-17-13-28(14-18-34,32-33-30)21-9-11-22(29)12-10-21/h2-3,5-12,15H,4,13-14,16-19H2,1H3. The van der Waals surface area contributed by atoms with Gasteiger partial charge in [0.2, 0.25) is 5.88 Å². The first-order valence-corrected chi connectivity index (χ1v) is 12.5. The Hall–Kier alpha value is -3.51.